The van der Waals surface area contributed by atoms with E-state index in [1.807, 2.05) is 0 Å². The highest BCUT2D eigenvalue weighted by Gasteiger charge is 2.32. The average molecular weight is 811 g/mol. The molecule has 11 heteroatoms. The van der Waals surface area contributed by atoms with Gasteiger partial charge in [-0.2, -0.15) is 9.97 Å². The van der Waals surface area contributed by atoms with Gasteiger partial charge in [0.1, 0.15) is 5.82 Å². The highest BCUT2D eigenvalue weighted by Crippen LogP contribution is 2.32. The summed E-state index contributed by atoms with van der Waals surface area (Å²) < 4.78 is 12.1. The first-order valence-electron chi connectivity index (χ1n) is 9.63. The lowest BCUT2D eigenvalue weighted by atomic mass is 9.84. The first-order chi connectivity index (χ1) is 14.2. The molecule has 0 bridgehead atoms. The van der Waals surface area contributed by atoms with Crippen LogP contribution in [0, 0.1) is 10.8 Å². The number of halogens is 6. The number of ether oxygens (including phenoxy) is 2. The van der Waals surface area contributed by atoms with Crippen molar-refractivity contribution >= 4 is 95.6 Å². The fourth-order valence-electron chi connectivity index (χ4n) is 2.18. The first-order valence-corrected chi connectivity index (χ1v) is 16.4. The summed E-state index contributed by atoms with van der Waals surface area (Å²) in [7, 11) is 0. The monoisotopic (exact) mass is 805 g/mol. The Kier molecular flexibility index (Phi) is 13.8. The van der Waals surface area contributed by atoms with Crippen molar-refractivity contribution in [3.63, 3.8) is 0 Å². The molecule has 1 rings (SSSR count). The second-order valence-corrected chi connectivity index (χ2v) is 11.2. The van der Waals surface area contributed by atoms with Crippen LogP contribution in [0.15, 0.2) is 0 Å². The highest BCUT2D eigenvalue weighted by molar-refractivity contribution is 9.10. The Labute approximate surface area is 230 Å². The van der Waals surface area contributed by atoms with Crippen LogP contribution in [0.25, 0.3) is 0 Å². The summed E-state index contributed by atoms with van der Waals surface area (Å²) in [6.07, 6.45) is 1.82. The van der Waals surface area contributed by atoms with Crippen molar-refractivity contribution in [2.75, 3.05) is 45.2 Å². The van der Waals surface area contributed by atoms with E-state index in [9.17, 15) is 0 Å². The lowest BCUT2D eigenvalue weighted by Gasteiger charge is -2.29. The zero-order valence-corrected chi connectivity index (χ0v) is 27.0. The lowest BCUT2D eigenvalue weighted by molar-refractivity contribution is 0.175. The quantitative estimate of drug-likeness (QED) is 0.178. The number of aromatic nitrogens is 3. The van der Waals surface area contributed by atoms with Gasteiger partial charge in [0.25, 0.3) is 0 Å². The largest absolute Gasteiger partial charge is 0.463 e. The molecule has 174 valence electrons. The van der Waals surface area contributed by atoms with Gasteiger partial charge in [-0.05, 0) is 12.8 Å². The molecule has 30 heavy (non-hydrogen) atoms. The fraction of sp³-hybridized carbons (Fsp3) is 0.842. The van der Waals surface area contributed by atoms with Gasteiger partial charge in [0.15, 0.2) is 0 Å². The van der Waals surface area contributed by atoms with Crippen molar-refractivity contribution in [2.45, 2.75) is 39.0 Å². The van der Waals surface area contributed by atoms with E-state index >= 15 is 0 Å². The van der Waals surface area contributed by atoms with Gasteiger partial charge < -0.3 is 9.47 Å². The van der Waals surface area contributed by atoms with E-state index in [0.717, 1.165) is 44.8 Å². The average Bonchev–Trinajstić information content (AvgIpc) is 2.81. The summed E-state index contributed by atoms with van der Waals surface area (Å²) >= 11 is 21.5. The van der Waals surface area contributed by atoms with Crippen LogP contribution in [0.3, 0.4) is 0 Å². The molecule has 0 radical (unpaired) electrons. The maximum absolute atomic E-state index is 6.06. The van der Waals surface area contributed by atoms with E-state index < -0.39 is 0 Å². The van der Waals surface area contributed by atoms with Gasteiger partial charge in [0, 0.05) is 48.2 Å². The number of hydrogen-bond acceptors (Lipinski definition) is 5. The molecule has 5 nitrogen and oxygen atoms in total. The van der Waals surface area contributed by atoms with Crippen molar-refractivity contribution in [3.8, 4) is 12.0 Å². The molecule has 0 saturated heterocycles. The maximum Gasteiger partial charge on any atom is 0.322 e. The molecule has 1 aromatic rings. The lowest BCUT2D eigenvalue weighted by Crippen LogP contribution is -2.35. The van der Waals surface area contributed by atoms with Crippen molar-refractivity contribution in [1.29, 1.82) is 0 Å². The van der Waals surface area contributed by atoms with Crippen LogP contribution in [0.2, 0.25) is 0 Å². The first kappa shape index (κ1) is 29.5. The van der Waals surface area contributed by atoms with E-state index in [-0.39, 0.29) is 16.2 Å². The smallest absolute Gasteiger partial charge is 0.322 e. The molecule has 1 heterocycles. The summed E-state index contributed by atoms with van der Waals surface area (Å²) in [5.41, 5.74) is -0.388. The Morgan fingerprint density at radius 2 is 0.967 bits per heavy atom. The Bertz CT molecular complexity index is 582. The molecule has 0 saturated carbocycles. The molecule has 0 spiro atoms. The summed E-state index contributed by atoms with van der Waals surface area (Å²) in [5.74, 6) is 0.705. The van der Waals surface area contributed by atoms with Crippen LogP contribution in [-0.2, 0) is 5.41 Å². The minimum Gasteiger partial charge on any atom is -0.463 e. The van der Waals surface area contributed by atoms with E-state index in [0.29, 0.717) is 31.1 Å². The number of hydrogen-bond donors (Lipinski definition) is 0. The van der Waals surface area contributed by atoms with Crippen molar-refractivity contribution in [1.82, 2.24) is 15.0 Å². The predicted molar refractivity (Wildman–Crippen MR) is 146 cm³/mol. The molecule has 0 atom stereocenters. The van der Waals surface area contributed by atoms with Crippen molar-refractivity contribution < 1.29 is 9.47 Å². The second kappa shape index (κ2) is 14.0. The second-order valence-electron chi connectivity index (χ2n) is 7.87. The predicted octanol–water partition coefficient (Wildman–Crippen LogP) is 7.05. The van der Waals surface area contributed by atoms with Gasteiger partial charge in [-0.3, -0.25) is 0 Å². The van der Waals surface area contributed by atoms with Gasteiger partial charge in [0.2, 0.25) is 0 Å². The minimum atomic E-state index is -0.173. The Morgan fingerprint density at radius 3 is 1.23 bits per heavy atom. The van der Waals surface area contributed by atoms with Crippen molar-refractivity contribution in [2.24, 2.45) is 10.8 Å². The van der Waals surface area contributed by atoms with E-state index in [2.05, 4.69) is 131 Å². The Hall–Kier alpha value is 1.49. The number of rotatable bonds is 15. The SMILES string of the molecule is CCC(C)(CC)c1nc(OCC(CBr)(CBr)CBr)nc(OCC(CBr)(CBr)CBr)n1. The van der Waals surface area contributed by atoms with E-state index in [1.165, 1.54) is 0 Å². The number of alkyl halides is 6. The standard InChI is InChI=1S/C19H29Br6N3O2/c1-4-17(3,5-2)14-26-15(29-12-18(6-20,7-21)8-22)28-16(27-14)30-13-19(9-23,10-24)11-25/h4-13H2,1-3H3. The molecule has 0 aliphatic carbocycles. The highest BCUT2D eigenvalue weighted by atomic mass is 79.9. The van der Waals surface area contributed by atoms with E-state index in [4.69, 9.17) is 9.47 Å². The van der Waals surface area contributed by atoms with Gasteiger partial charge in [-0.25, -0.2) is 0 Å². The summed E-state index contributed by atoms with van der Waals surface area (Å²) in [4.78, 5) is 13.8. The van der Waals surface area contributed by atoms with Crippen LogP contribution in [0.1, 0.15) is 39.4 Å². The summed E-state index contributed by atoms with van der Waals surface area (Å²) in [5, 5.41) is 4.69. The molecule has 1 aromatic heterocycles. The van der Waals surface area contributed by atoms with Crippen molar-refractivity contribution in [3.05, 3.63) is 5.82 Å². The van der Waals surface area contributed by atoms with Crippen LogP contribution in [0.4, 0.5) is 0 Å². The van der Waals surface area contributed by atoms with Crippen LogP contribution < -0.4 is 9.47 Å². The van der Waals surface area contributed by atoms with E-state index in [1.54, 1.807) is 0 Å². The van der Waals surface area contributed by atoms with Crippen LogP contribution in [-0.4, -0.2) is 60.1 Å². The summed E-state index contributed by atoms with van der Waals surface area (Å²) in [6, 6.07) is 0.606. The molecule has 0 aliphatic heterocycles. The van der Waals surface area contributed by atoms with Crippen LogP contribution in [0.5, 0.6) is 12.0 Å². The van der Waals surface area contributed by atoms with Gasteiger partial charge in [-0.15, -0.1) is 4.98 Å². The van der Waals surface area contributed by atoms with Gasteiger partial charge in [-0.1, -0.05) is 116 Å². The molecule has 0 aromatic carbocycles. The minimum absolute atomic E-state index is 0.107. The molecule has 0 aliphatic rings. The third-order valence-corrected chi connectivity index (χ3v) is 12.5. The Morgan fingerprint density at radius 1 is 0.633 bits per heavy atom. The normalized spacial score (nSPS) is 12.8. The van der Waals surface area contributed by atoms with Gasteiger partial charge >= 0.3 is 12.0 Å². The fourth-order valence-corrected chi connectivity index (χ4v) is 8.73. The third-order valence-electron chi connectivity index (χ3n) is 5.41. The Balaban J connectivity index is 3.23. The molecular formula is C19H29Br6N3O2. The molecule has 0 unspecified atom stereocenters. The number of nitrogens with zero attached hydrogens (tertiary/aromatic N) is 3. The summed E-state index contributed by atoms with van der Waals surface area (Å²) in [6.45, 7) is 7.37. The van der Waals surface area contributed by atoms with Crippen LogP contribution >= 0.6 is 95.6 Å². The zero-order valence-electron chi connectivity index (χ0n) is 17.5. The van der Waals surface area contributed by atoms with Gasteiger partial charge in [0.05, 0.1) is 13.2 Å². The molecule has 0 fully saturated rings. The zero-order chi connectivity index (χ0) is 22.8. The topological polar surface area (TPSA) is 57.1 Å². The molecule has 0 amide bonds. The molecular weight excluding hydrogens is 782 g/mol. The molecule has 0 N–H and O–H groups in total. The third kappa shape index (κ3) is 7.77. The maximum atomic E-state index is 6.06.